The molecule has 2 aromatic carbocycles. The summed E-state index contributed by atoms with van der Waals surface area (Å²) in [6, 6.07) is 17.0. The second-order valence-corrected chi connectivity index (χ2v) is 5.17. The molecule has 0 unspecified atom stereocenters. The number of hydrogen-bond donors (Lipinski definition) is 1. The normalized spacial score (nSPS) is 10.6. The van der Waals surface area contributed by atoms with Crippen molar-refractivity contribution in [2.24, 2.45) is 0 Å². The molecular formula is C19H25NO. The number of para-hydroxylation sites is 1. The minimum Gasteiger partial charge on any atom is -0.489 e. The van der Waals surface area contributed by atoms with Gasteiger partial charge in [0.05, 0.1) is 0 Å². The molecule has 0 bridgehead atoms. The van der Waals surface area contributed by atoms with E-state index in [1.165, 1.54) is 16.7 Å². The molecule has 0 amide bonds. The standard InChI is InChI=1S/C19H25NO/c1-3-18-7-5-6-8-19(18)21-15-17-11-9-16(10-12-17)13-14-20-4-2/h5-12,20H,3-4,13-15H2,1-2H3. The summed E-state index contributed by atoms with van der Waals surface area (Å²) in [6.07, 6.45) is 2.08. The van der Waals surface area contributed by atoms with Crippen molar-refractivity contribution in [3.8, 4) is 5.75 Å². The maximum absolute atomic E-state index is 5.94. The van der Waals surface area contributed by atoms with Gasteiger partial charge in [-0.15, -0.1) is 0 Å². The van der Waals surface area contributed by atoms with E-state index in [1.54, 1.807) is 0 Å². The third-order valence-electron chi connectivity index (χ3n) is 3.61. The third-order valence-corrected chi connectivity index (χ3v) is 3.61. The Morgan fingerprint density at radius 2 is 1.62 bits per heavy atom. The number of rotatable bonds is 8. The number of hydrogen-bond acceptors (Lipinski definition) is 2. The predicted octanol–water partition coefficient (Wildman–Crippen LogP) is 3.98. The molecule has 0 aliphatic rings. The lowest BCUT2D eigenvalue weighted by molar-refractivity contribution is 0.303. The van der Waals surface area contributed by atoms with Gasteiger partial charge in [-0.3, -0.25) is 0 Å². The zero-order valence-corrected chi connectivity index (χ0v) is 13.1. The Morgan fingerprint density at radius 3 is 2.33 bits per heavy atom. The van der Waals surface area contributed by atoms with Gasteiger partial charge in [-0.25, -0.2) is 0 Å². The van der Waals surface area contributed by atoms with Gasteiger partial charge in [0.1, 0.15) is 12.4 Å². The predicted molar refractivity (Wildman–Crippen MR) is 88.8 cm³/mol. The number of benzene rings is 2. The number of ether oxygens (including phenoxy) is 1. The van der Waals surface area contributed by atoms with Crippen LogP contribution in [0.1, 0.15) is 30.5 Å². The lowest BCUT2D eigenvalue weighted by Crippen LogP contribution is -2.15. The Balaban J connectivity index is 1.88. The number of likely N-dealkylation sites (N-methyl/N-ethyl adjacent to an activating group) is 1. The molecule has 0 atom stereocenters. The van der Waals surface area contributed by atoms with Crippen molar-refractivity contribution in [1.29, 1.82) is 0 Å². The van der Waals surface area contributed by atoms with Crippen LogP contribution in [0.25, 0.3) is 0 Å². The van der Waals surface area contributed by atoms with Gasteiger partial charge < -0.3 is 10.1 Å². The highest BCUT2D eigenvalue weighted by Gasteiger charge is 2.01. The summed E-state index contributed by atoms with van der Waals surface area (Å²) >= 11 is 0. The SMILES string of the molecule is CCNCCc1ccc(COc2ccccc2CC)cc1. The van der Waals surface area contributed by atoms with E-state index < -0.39 is 0 Å². The summed E-state index contributed by atoms with van der Waals surface area (Å²) in [5, 5.41) is 3.35. The van der Waals surface area contributed by atoms with E-state index in [0.717, 1.165) is 31.7 Å². The molecule has 0 aliphatic carbocycles. The van der Waals surface area contributed by atoms with E-state index >= 15 is 0 Å². The molecule has 0 saturated carbocycles. The highest BCUT2D eigenvalue weighted by molar-refractivity contribution is 5.33. The first-order chi connectivity index (χ1) is 10.3. The van der Waals surface area contributed by atoms with Crippen LogP contribution < -0.4 is 10.1 Å². The average molecular weight is 283 g/mol. The number of aryl methyl sites for hydroxylation is 1. The van der Waals surface area contributed by atoms with Gasteiger partial charge in [-0.2, -0.15) is 0 Å². The Kier molecular flexibility index (Phi) is 6.29. The molecule has 2 heteroatoms. The van der Waals surface area contributed by atoms with Crippen molar-refractivity contribution in [3.63, 3.8) is 0 Å². The molecular weight excluding hydrogens is 258 g/mol. The number of nitrogens with one attached hydrogen (secondary N) is 1. The molecule has 0 aliphatic heterocycles. The van der Waals surface area contributed by atoms with E-state index in [2.05, 4.69) is 55.6 Å². The van der Waals surface area contributed by atoms with Crippen molar-refractivity contribution in [2.45, 2.75) is 33.3 Å². The highest BCUT2D eigenvalue weighted by atomic mass is 16.5. The molecule has 2 aromatic rings. The fraction of sp³-hybridized carbons (Fsp3) is 0.368. The van der Waals surface area contributed by atoms with Crippen LogP contribution in [0, 0.1) is 0 Å². The topological polar surface area (TPSA) is 21.3 Å². The highest BCUT2D eigenvalue weighted by Crippen LogP contribution is 2.19. The van der Waals surface area contributed by atoms with Crippen LogP contribution in [0.2, 0.25) is 0 Å². The first-order valence-corrected chi connectivity index (χ1v) is 7.82. The minimum absolute atomic E-state index is 0.629. The van der Waals surface area contributed by atoms with Gasteiger partial charge >= 0.3 is 0 Å². The maximum Gasteiger partial charge on any atom is 0.122 e. The fourth-order valence-corrected chi connectivity index (χ4v) is 2.31. The van der Waals surface area contributed by atoms with Gasteiger partial charge in [0.25, 0.3) is 0 Å². The van der Waals surface area contributed by atoms with Crippen LogP contribution in [0.15, 0.2) is 48.5 Å². The first kappa shape index (κ1) is 15.6. The molecule has 2 rings (SSSR count). The smallest absolute Gasteiger partial charge is 0.122 e. The van der Waals surface area contributed by atoms with Gasteiger partial charge in [-0.05, 0) is 48.7 Å². The fourth-order valence-electron chi connectivity index (χ4n) is 2.31. The zero-order valence-electron chi connectivity index (χ0n) is 13.1. The second kappa shape index (κ2) is 8.48. The van der Waals surface area contributed by atoms with Crippen LogP contribution in [-0.2, 0) is 19.4 Å². The summed E-state index contributed by atoms with van der Waals surface area (Å²) in [4.78, 5) is 0. The van der Waals surface area contributed by atoms with Crippen molar-refractivity contribution < 1.29 is 4.74 Å². The van der Waals surface area contributed by atoms with E-state index in [1.807, 2.05) is 12.1 Å². The molecule has 1 N–H and O–H groups in total. The molecule has 2 nitrogen and oxygen atoms in total. The Bertz CT molecular complexity index is 534. The molecule has 112 valence electrons. The summed E-state index contributed by atoms with van der Waals surface area (Å²) in [5.74, 6) is 0.997. The second-order valence-electron chi connectivity index (χ2n) is 5.17. The Morgan fingerprint density at radius 1 is 0.905 bits per heavy atom. The molecule has 21 heavy (non-hydrogen) atoms. The van der Waals surface area contributed by atoms with Gasteiger partial charge in [0.2, 0.25) is 0 Å². The largest absolute Gasteiger partial charge is 0.489 e. The molecule has 0 fully saturated rings. The van der Waals surface area contributed by atoms with Gasteiger partial charge in [-0.1, -0.05) is 56.3 Å². The zero-order chi connectivity index (χ0) is 14.9. The summed E-state index contributed by atoms with van der Waals surface area (Å²) < 4.78 is 5.94. The maximum atomic E-state index is 5.94. The van der Waals surface area contributed by atoms with Crippen LogP contribution in [0.5, 0.6) is 5.75 Å². The quantitative estimate of drug-likeness (QED) is 0.740. The van der Waals surface area contributed by atoms with Crippen LogP contribution in [0.4, 0.5) is 0 Å². The van der Waals surface area contributed by atoms with Crippen LogP contribution in [-0.4, -0.2) is 13.1 Å². The molecule has 0 radical (unpaired) electrons. The average Bonchev–Trinajstić information content (AvgIpc) is 2.54. The lowest BCUT2D eigenvalue weighted by atomic mass is 10.1. The molecule has 0 spiro atoms. The van der Waals surface area contributed by atoms with Crippen LogP contribution >= 0.6 is 0 Å². The van der Waals surface area contributed by atoms with Crippen molar-refractivity contribution in [1.82, 2.24) is 5.32 Å². The van der Waals surface area contributed by atoms with Crippen molar-refractivity contribution in [2.75, 3.05) is 13.1 Å². The summed E-state index contributed by atoms with van der Waals surface area (Å²) in [6.45, 7) is 6.99. The summed E-state index contributed by atoms with van der Waals surface area (Å²) in [7, 11) is 0. The molecule has 0 saturated heterocycles. The first-order valence-electron chi connectivity index (χ1n) is 7.82. The molecule has 0 heterocycles. The monoisotopic (exact) mass is 283 g/mol. The lowest BCUT2D eigenvalue weighted by Gasteiger charge is -2.10. The van der Waals surface area contributed by atoms with E-state index in [-0.39, 0.29) is 0 Å². The van der Waals surface area contributed by atoms with Gasteiger partial charge in [0, 0.05) is 0 Å². The third kappa shape index (κ3) is 4.91. The Labute approximate surface area is 128 Å². The molecule has 0 aromatic heterocycles. The Hall–Kier alpha value is -1.80. The van der Waals surface area contributed by atoms with Crippen molar-refractivity contribution in [3.05, 3.63) is 65.2 Å². The van der Waals surface area contributed by atoms with E-state index in [9.17, 15) is 0 Å². The summed E-state index contributed by atoms with van der Waals surface area (Å²) in [5.41, 5.74) is 3.85. The van der Waals surface area contributed by atoms with E-state index in [4.69, 9.17) is 4.74 Å². The van der Waals surface area contributed by atoms with E-state index in [0.29, 0.717) is 6.61 Å². The van der Waals surface area contributed by atoms with Crippen LogP contribution in [0.3, 0.4) is 0 Å². The van der Waals surface area contributed by atoms with Crippen molar-refractivity contribution >= 4 is 0 Å². The minimum atomic E-state index is 0.629. The van der Waals surface area contributed by atoms with Gasteiger partial charge in [0.15, 0.2) is 0 Å².